The number of hydrogen-bond donors (Lipinski definition) is 0. The van der Waals surface area contributed by atoms with E-state index >= 15 is 0 Å². The van der Waals surface area contributed by atoms with Gasteiger partial charge < -0.3 is 0 Å². The molecule has 0 aromatic rings. The molecule has 0 radical (unpaired) electrons. The van der Waals surface area contributed by atoms with E-state index in [1.807, 2.05) is 0 Å². The molecule has 21 heavy (non-hydrogen) atoms. The summed E-state index contributed by atoms with van der Waals surface area (Å²) in [4.78, 5) is -5.59. The van der Waals surface area contributed by atoms with Gasteiger partial charge >= 0.3 is 25.2 Å². The van der Waals surface area contributed by atoms with Crippen molar-refractivity contribution in [3.8, 4) is 0 Å². The summed E-state index contributed by atoms with van der Waals surface area (Å²) in [6.45, 7) is 0. The van der Waals surface area contributed by atoms with E-state index < -0.39 is 46.5 Å². The van der Waals surface area contributed by atoms with E-state index in [1.54, 1.807) is 15.9 Å². The molecule has 0 fully saturated rings. The highest BCUT2D eigenvalue weighted by Gasteiger charge is 2.66. The molecule has 15 heteroatoms. The van der Waals surface area contributed by atoms with Gasteiger partial charge in [-0.25, -0.2) is 0 Å². The highest BCUT2D eigenvalue weighted by atomic mass is 79.9. The summed E-state index contributed by atoms with van der Waals surface area (Å²) in [5.74, 6) is 0. The van der Waals surface area contributed by atoms with Crippen LogP contribution in [0.5, 0.6) is 0 Å². The van der Waals surface area contributed by atoms with Crippen LogP contribution in [0.4, 0.5) is 52.7 Å². The minimum absolute atomic E-state index is 1.80. The van der Waals surface area contributed by atoms with Gasteiger partial charge in [0, 0.05) is 5.33 Å². The molecular weight excluding hydrogens is 408 g/mol. The minimum Gasteiger partial charge on any atom is -0.155 e. The van der Waals surface area contributed by atoms with Gasteiger partial charge in [0.05, 0.1) is 0 Å². The van der Waals surface area contributed by atoms with E-state index in [9.17, 15) is 52.7 Å². The standard InChI is InChI=1S/C6H3BrF12N2/c7-1-2(20(3(8,9)10)4(11,12)13)21(5(14,15)16)6(17,18)19/h2H,1H2. The number of halogens is 13. The quantitative estimate of drug-likeness (QED) is 0.294. The van der Waals surface area contributed by atoms with Crippen molar-refractivity contribution in [2.24, 2.45) is 0 Å². The maximum Gasteiger partial charge on any atom is 0.468 e. The zero-order valence-electron chi connectivity index (χ0n) is 9.09. The molecule has 0 unspecified atom stereocenters. The van der Waals surface area contributed by atoms with Crippen molar-refractivity contribution in [2.45, 2.75) is 31.4 Å². The topological polar surface area (TPSA) is 6.48 Å². The van der Waals surface area contributed by atoms with Gasteiger partial charge in [0.15, 0.2) is 0 Å². The molecule has 0 spiro atoms. The Balaban J connectivity index is 6.04. The molecule has 0 heterocycles. The predicted molar refractivity (Wildman–Crippen MR) is 45.5 cm³/mol. The van der Waals surface area contributed by atoms with E-state index in [0.29, 0.717) is 0 Å². The van der Waals surface area contributed by atoms with Crippen molar-refractivity contribution in [3.05, 3.63) is 0 Å². The van der Waals surface area contributed by atoms with Crippen LogP contribution in [-0.4, -0.2) is 46.5 Å². The number of hydrogen-bond acceptors (Lipinski definition) is 2. The Kier molecular flexibility index (Phi) is 5.86. The molecule has 0 aliphatic rings. The maximum atomic E-state index is 12.2. The Morgan fingerprint density at radius 2 is 0.762 bits per heavy atom. The van der Waals surface area contributed by atoms with Crippen molar-refractivity contribution in [1.82, 2.24) is 9.80 Å². The molecule has 128 valence electrons. The lowest BCUT2D eigenvalue weighted by Crippen LogP contribution is -2.66. The number of rotatable bonds is 3. The lowest BCUT2D eigenvalue weighted by atomic mass is 10.4. The molecule has 0 amide bonds. The molecule has 0 saturated heterocycles. The maximum absolute atomic E-state index is 12.2. The first-order chi connectivity index (χ1) is 8.94. The average molecular weight is 411 g/mol. The third kappa shape index (κ3) is 5.36. The Morgan fingerprint density at radius 3 is 0.857 bits per heavy atom. The van der Waals surface area contributed by atoms with Gasteiger partial charge in [-0.3, -0.25) is 0 Å². The van der Waals surface area contributed by atoms with Crippen LogP contribution in [0.2, 0.25) is 0 Å². The first-order valence-electron chi connectivity index (χ1n) is 4.35. The van der Waals surface area contributed by atoms with Crippen LogP contribution in [0.25, 0.3) is 0 Å². The first-order valence-corrected chi connectivity index (χ1v) is 5.48. The Labute approximate surface area is 116 Å². The summed E-state index contributed by atoms with van der Waals surface area (Å²) < 4.78 is 147. The van der Waals surface area contributed by atoms with E-state index in [4.69, 9.17) is 0 Å². The summed E-state index contributed by atoms with van der Waals surface area (Å²) in [5, 5.41) is -1.94. The second-order valence-electron chi connectivity index (χ2n) is 3.25. The lowest BCUT2D eigenvalue weighted by Gasteiger charge is -2.40. The van der Waals surface area contributed by atoms with Gasteiger partial charge in [-0.05, 0) is 0 Å². The molecule has 0 aliphatic heterocycles. The second-order valence-corrected chi connectivity index (χ2v) is 3.89. The summed E-state index contributed by atoms with van der Waals surface area (Å²) in [6, 6.07) is 0. The van der Waals surface area contributed by atoms with Gasteiger partial charge in [-0.1, -0.05) is 15.9 Å². The smallest absolute Gasteiger partial charge is 0.155 e. The highest BCUT2D eigenvalue weighted by Crippen LogP contribution is 2.43. The van der Waals surface area contributed by atoms with E-state index in [0.717, 1.165) is 0 Å². The third-order valence-electron chi connectivity index (χ3n) is 1.83. The van der Waals surface area contributed by atoms with Crippen LogP contribution in [-0.2, 0) is 0 Å². The van der Waals surface area contributed by atoms with Crippen LogP contribution in [0.15, 0.2) is 0 Å². The molecule has 2 nitrogen and oxygen atoms in total. The average Bonchev–Trinajstić information content (AvgIpc) is 2.06. The zero-order chi connectivity index (χ0) is 17.4. The Hall–Kier alpha value is -0.440. The SMILES string of the molecule is FC(F)(F)N(C(CBr)N(C(F)(F)F)C(F)(F)F)C(F)(F)F. The molecular formula is C6H3BrF12N2. The largest absolute Gasteiger partial charge is 0.468 e. The molecule has 0 atom stereocenters. The van der Waals surface area contributed by atoms with Crippen molar-refractivity contribution in [3.63, 3.8) is 0 Å². The highest BCUT2D eigenvalue weighted by molar-refractivity contribution is 9.09. The van der Waals surface area contributed by atoms with Crippen molar-refractivity contribution in [2.75, 3.05) is 5.33 Å². The Morgan fingerprint density at radius 1 is 0.571 bits per heavy atom. The van der Waals surface area contributed by atoms with Crippen LogP contribution in [0.1, 0.15) is 0 Å². The van der Waals surface area contributed by atoms with Crippen LogP contribution in [0.3, 0.4) is 0 Å². The van der Waals surface area contributed by atoms with E-state index in [1.165, 1.54) is 0 Å². The molecule has 0 aliphatic carbocycles. The summed E-state index contributed by atoms with van der Waals surface area (Å²) in [6.07, 6.45) is -30.3. The molecule has 0 saturated carbocycles. The minimum atomic E-state index is -6.52. The summed E-state index contributed by atoms with van der Waals surface area (Å²) >= 11 is 1.80. The van der Waals surface area contributed by atoms with Gasteiger partial charge in [0.25, 0.3) is 0 Å². The van der Waals surface area contributed by atoms with E-state index in [2.05, 4.69) is 0 Å². The number of nitrogens with zero attached hydrogens (tertiary/aromatic N) is 2. The van der Waals surface area contributed by atoms with Crippen LogP contribution >= 0.6 is 15.9 Å². The fourth-order valence-corrected chi connectivity index (χ4v) is 1.80. The zero-order valence-corrected chi connectivity index (χ0v) is 10.7. The molecule has 0 bridgehead atoms. The van der Waals surface area contributed by atoms with Gasteiger partial charge in [-0.2, -0.15) is 52.7 Å². The lowest BCUT2D eigenvalue weighted by molar-refractivity contribution is -0.447. The van der Waals surface area contributed by atoms with Gasteiger partial charge in [-0.15, -0.1) is 9.80 Å². The van der Waals surface area contributed by atoms with E-state index in [-0.39, 0.29) is 0 Å². The van der Waals surface area contributed by atoms with Gasteiger partial charge in [0.2, 0.25) is 0 Å². The third-order valence-corrected chi connectivity index (χ3v) is 2.41. The first kappa shape index (κ1) is 20.6. The fraction of sp³-hybridized carbons (Fsp3) is 1.00. The fourth-order valence-electron chi connectivity index (χ4n) is 1.22. The molecule has 0 N–H and O–H groups in total. The summed E-state index contributed by atoms with van der Waals surface area (Å²) in [7, 11) is 0. The second kappa shape index (κ2) is 5.98. The van der Waals surface area contributed by atoms with Crippen molar-refractivity contribution >= 4 is 15.9 Å². The predicted octanol–water partition coefficient (Wildman–Crippen LogP) is 4.39. The summed E-state index contributed by atoms with van der Waals surface area (Å²) in [5.41, 5.74) is 0. The number of alkyl halides is 13. The van der Waals surface area contributed by atoms with Crippen molar-refractivity contribution < 1.29 is 52.7 Å². The van der Waals surface area contributed by atoms with Crippen LogP contribution in [0, 0.1) is 0 Å². The molecule has 0 rings (SSSR count). The molecule has 0 aromatic heterocycles. The van der Waals surface area contributed by atoms with Crippen LogP contribution < -0.4 is 0 Å². The van der Waals surface area contributed by atoms with Crippen molar-refractivity contribution in [1.29, 1.82) is 0 Å². The Bertz CT molecular complexity index is 280. The normalized spacial score (nSPS) is 15.4. The monoisotopic (exact) mass is 410 g/mol. The van der Waals surface area contributed by atoms with Gasteiger partial charge in [0.1, 0.15) is 6.17 Å². The molecule has 0 aromatic carbocycles.